The summed E-state index contributed by atoms with van der Waals surface area (Å²) in [5, 5.41) is 6.73. The van der Waals surface area contributed by atoms with Gasteiger partial charge < -0.3 is 10.1 Å². The second-order valence-electron chi connectivity index (χ2n) is 6.78. The fourth-order valence-electron chi connectivity index (χ4n) is 3.16. The molecule has 0 radical (unpaired) electrons. The van der Waals surface area contributed by atoms with E-state index in [4.69, 9.17) is 4.74 Å². The molecule has 0 bridgehead atoms. The van der Waals surface area contributed by atoms with Crippen LogP contribution in [0.15, 0.2) is 77.9 Å². The summed E-state index contributed by atoms with van der Waals surface area (Å²) in [6.45, 7) is -0.187. The van der Waals surface area contributed by atoms with Crippen molar-refractivity contribution < 1.29 is 14.3 Å². The number of halogens is 2. The summed E-state index contributed by atoms with van der Waals surface area (Å²) in [6.07, 6.45) is 1.53. The van der Waals surface area contributed by atoms with Gasteiger partial charge in [-0.15, -0.1) is 0 Å². The molecule has 0 unspecified atom stereocenters. The lowest BCUT2D eigenvalue weighted by atomic mass is 9.90. The molecule has 164 valence electrons. The summed E-state index contributed by atoms with van der Waals surface area (Å²) in [7, 11) is 1.59. The molecule has 3 aromatic rings. The van der Waals surface area contributed by atoms with Crippen molar-refractivity contribution in [3.8, 4) is 5.75 Å². The predicted molar refractivity (Wildman–Crippen MR) is 142 cm³/mol. The van der Waals surface area contributed by atoms with Crippen LogP contribution in [0.3, 0.4) is 0 Å². The van der Waals surface area contributed by atoms with Crippen molar-refractivity contribution in [2.45, 2.75) is 5.92 Å². The van der Waals surface area contributed by atoms with Crippen molar-refractivity contribution >= 4 is 63.2 Å². The molecule has 6 nitrogen and oxygen atoms in total. The number of carbonyl (C=O) groups is 2. The van der Waals surface area contributed by atoms with E-state index in [9.17, 15) is 9.59 Å². The molecule has 8 heteroatoms. The van der Waals surface area contributed by atoms with Crippen molar-refractivity contribution in [3.63, 3.8) is 0 Å². The highest BCUT2D eigenvalue weighted by molar-refractivity contribution is 14.1. The largest absolute Gasteiger partial charge is 0.495 e. The molecule has 0 heterocycles. The Bertz CT molecular complexity index is 1070. The number of amides is 2. The molecule has 0 saturated heterocycles. The Morgan fingerprint density at radius 1 is 1.00 bits per heavy atom. The van der Waals surface area contributed by atoms with E-state index in [2.05, 4.69) is 61.0 Å². The van der Waals surface area contributed by atoms with Gasteiger partial charge in [-0.2, -0.15) is 5.10 Å². The number of nitrogens with one attached hydrogen (secondary N) is 2. The van der Waals surface area contributed by atoms with Crippen molar-refractivity contribution in [3.05, 3.63) is 96.6 Å². The first-order chi connectivity index (χ1) is 15.5. The van der Waals surface area contributed by atoms with Crippen molar-refractivity contribution in [2.24, 2.45) is 5.10 Å². The maximum atomic E-state index is 13.0. The van der Waals surface area contributed by atoms with Crippen LogP contribution in [0, 0.1) is 7.14 Å². The molecule has 0 fully saturated rings. The van der Waals surface area contributed by atoms with Crippen molar-refractivity contribution in [1.29, 1.82) is 0 Å². The number of benzene rings is 3. The van der Waals surface area contributed by atoms with Gasteiger partial charge in [0.1, 0.15) is 5.75 Å². The number of hydrazone groups is 1. The van der Waals surface area contributed by atoms with Crippen LogP contribution in [-0.4, -0.2) is 31.7 Å². The minimum atomic E-state index is -0.508. The summed E-state index contributed by atoms with van der Waals surface area (Å²) in [5.74, 6) is -0.499. The van der Waals surface area contributed by atoms with Gasteiger partial charge >= 0.3 is 0 Å². The lowest BCUT2D eigenvalue weighted by Gasteiger charge is -2.17. The van der Waals surface area contributed by atoms with Gasteiger partial charge in [-0.25, -0.2) is 5.43 Å². The third-order valence-electron chi connectivity index (χ3n) is 4.59. The minimum Gasteiger partial charge on any atom is -0.495 e. The van der Waals surface area contributed by atoms with E-state index in [1.54, 1.807) is 7.11 Å². The van der Waals surface area contributed by atoms with Crippen LogP contribution >= 0.6 is 45.2 Å². The maximum absolute atomic E-state index is 13.0. The Morgan fingerprint density at radius 3 is 2.16 bits per heavy atom. The molecule has 0 aliphatic heterocycles. The monoisotopic (exact) mass is 653 g/mol. The molecule has 2 N–H and O–H groups in total. The first kappa shape index (κ1) is 24.2. The molecular formula is C24H21I2N3O3. The zero-order chi connectivity index (χ0) is 22.9. The van der Waals surface area contributed by atoms with Crippen molar-refractivity contribution in [1.82, 2.24) is 10.7 Å². The highest BCUT2D eigenvalue weighted by Gasteiger charge is 2.22. The average molecular weight is 653 g/mol. The van der Waals surface area contributed by atoms with Gasteiger partial charge in [0.05, 0.1) is 29.4 Å². The van der Waals surface area contributed by atoms with Crippen LogP contribution in [0.25, 0.3) is 0 Å². The van der Waals surface area contributed by atoms with Crippen LogP contribution in [0.5, 0.6) is 5.75 Å². The molecule has 0 spiro atoms. The van der Waals surface area contributed by atoms with E-state index in [0.29, 0.717) is 5.75 Å². The van der Waals surface area contributed by atoms with Crippen LogP contribution in [0.1, 0.15) is 22.6 Å². The van der Waals surface area contributed by atoms with Crippen LogP contribution in [-0.2, 0) is 9.59 Å². The quantitative estimate of drug-likeness (QED) is 0.216. The average Bonchev–Trinajstić information content (AvgIpc) is 2.79. The molecule has 0 aromatic heterocycles. The summed E-state index contributed by atoms with van der Waals surface area (Å²) in [6, 6.07) is 22.9. The predicted octanol–water partition coefficient (Wildman–Crippen LogP) is 4.30. The Morgan fingerprint density at radius 2 is 1.59 bits per heavy atom. The molecule has 0 aliphatic carbocycles. The zero-order valence-electron chi connectivity index (χ0n) is 17.2. The highest BCUT2D eigenvalue weighted by Crippen LogP contribution is 2.27. The Kier molecular flexibility index (Phi) is 9.03. The van der Waals surface area contributed by atoms with Gasteiger partial charge in [-0.3, -0.25) is 9.59 Å². The number of nitrogens with zero attached hydrogens (tertiary/aromatic N) is 1. The highest BCUT2D eigenvalue weighted by atomic mass is 127. The number of ether oxygens (including phenoxy) is 1. The van der Waals surface area contributed by atoms with E-state index in [0.717, 1.165) is 23.8 Å². The lowest BCUT2D eigenvalue weighted by molar-refractivity contribution is -0.126. The van der Waals surface area contributed by atoms with E-state index in [1.807, 2.05) is 72.8 Å². The molecule has 0 aliphatic rings. The molecule has 2 amide bonds. The zero-order valence-corrected chi connectivity index (χ0v) is 21.5. The standard InChI is InChI=1S/C24H21I2N3O3/c1-32-23-18(12-19(25)13-20(23)26)14-28-29-21(30)15-27-24(31)22(16-8-4-2-5-9-16)17-10-6-3-7-11-17/h2-14,22H,15H2,1H3,(H,27,31)(H,29,30)/b28-14-. The third-order valence-corrected chi connectivity index (χ3v) is 6.01. The second-order valence-corrected chi connectivity index (χ2v) is 9.18. The first-order valence-electron chi connectivity index (χ1n) is 9.72. The Labute approximate surface area is 214 Å². The molecule has 32 heavy (non-hydrogen) atoms. The second kappa shape index (κ2) is 12.0. The number of hydrogen-bond donors (Lipinski definition) is 2. The maximum Gasteiger partial charge on any atom is 0.259 e. The number of hydrogen-bond acceptors (Lipinski definition) is 4. The van der Waals surface area contributed by atoms with Gasteiger partial charge in [-0.1, -0.05) is 60.7 Å². The fraction of sp³-hybridized carbons (Fsp3) is 0.125. The summed E-state index contributed by atoms with van der Waals surface area (Å²) < 4.78 is 7.38. The third kappa shape index (κ3) is 6.52. The normalized spacial score (nSPS) is 10.9. The molecule has 3 rings (SSSR count). The van der Waals surface area contributed by atoms with E-state index in [-0.39, 0.29) is 12.5 Å². The first-order valence-corrected chi connectivity index (χ1v) is 11.9. The van der Waals surface area contributed by atoms with Crippen LogP contribution < -0.4 is 15.5 Å². The summed E-state index contributed by atoms with van der Waals surface area (Å²) >= 11 is 4.39. The lowest BCUT2D eigenvalue weighted by Crippen LogP contribution is -2.37. The molecule has 3 aromatic carbocycles. The number of rotatable bonds is 8. The number of carbonyl (C=O) groups excluding carboxylic acids is 2. The van der Waals surface area contributed by atoms with Gasteiger partial charge in [0.15, 0.2) is 0 Å². The summed E-state index contributed by atoms with van der Waals surface area (Å²) in [4.78, 5) is 25.2. The Balaban J connectivity index is 1.64. The topological polar surface area (TPSA) is 79.8 Å². The van der Waals surface area contributed by atoms with E-state index in [1.165, 1.54) is 6.21 Å². The molecular weight excluding hydrogens is 632 g/mol. The van der Waals surface area contributed by atoms with E-state index >= 15 is 0 Å². The smallest absolute Gasteiger partial charge is 0.259 e. The minimum absolute atomic E-state index is 0.187. The van der Waals surface area contributed by atoms with Gasteiger partial charge in [0.25, 0.3) is 5.91 Å². The number of methoxy groups -OCH3 is 1. The van der Waals surface area contributed by atoms with Crippen molar-refractivity contribution in [2.75, 3.05) is 13.7 Å². The van der Waals surface area contributed by atoms with Gasteiger partial charge in [-0.05, 0) is 68.4 Å². The molecule has 0 atom stereocenters. The van der Waals surface area contributed by atoms with Crippen LogP contribution in [0.4, 0.5) is 0 Å². The van der Waals surface area contributed by atoms with Crippen LogP contribution in [0.2, 0.25) is 0 Å². The van der Waals surface area contributed by atoms with Gasteiger partial charge in [0.2, 0.25) is 5.91 Å². The summed E-state index contributed by atoms with van der Waals surface area (Å²) in [5.41, 5.74) is 4.91. The van der Waals surface area contributed by atoms with E-state index < -0.39 is 11.8 Å². The Hall–Kier alpha value is -2.47. The fourth-order valence-corrected chi connectivity index (χ4v) is 5.27. The molecule has 0 saturated carbocycles. The van der Waals surface area contributed by atoms with Gasteiger partial charge in [0, 0.05) is 9.13 Å². The SMILES string of the molecule is COc1c(I)cc(I)cc1/C=N\NC(=O)CNC(=O)C(c1ccccc1)c1ccccc1.